The first kappa shape index (κ1) is 28.9. The number of benzene rings is 1. The highest BCUT2D eigenvalue weighted by atomic mass is 32.1. The molecule has 2 N–H and O–H groups in total. The molecule has 4 heterocycles. The first-order valence-corrected chi connectivity index (χ1v) is 14.3. The van der Waals surface area contributed by atoms with Gasteiger partial charge >= 0.3 is 0 Å². The van der Waals surface area contributed by atoms with Crippen molar-refractivity contribution in [2.75, 3.05) is 31.2 Å². The Kier molecular flexibility index (Phi) is 9.98. The van der Waals surface area contributed by atoms with Crippen molar-refractivity contribution in [3.8, 4) is 5.75 Å². The summed E-state index contributed by atoms with van der Waals surface area (Å²) in [7, 11) is 0. The second-order valence-electron chi connectivity index (χ2n) is 9.63. The fourth-order valence-electron chi connectivity index (χ4n) is 4.36. The molecule has 3 aliphatic rings. The van der Waals surface area contributed by atoms with Gasteiger partial charge in [-0.15, -0.1) is 0 Å². The minimum atomic E-state index is -0.280. The number of hydrazine groups is 1. The van der Waals surface area contributed by atoms with E-state index in [2.05, 4.69) is 47.8 Å². The molecule has 9 heteroatoms. The smallest absolute Gasteiger partial charge is 0.263 e. The summed E-state index contributed by atoms with van der Waals surface area (Å²) in [5.41, 5.74) is 7.27. The minimum Gasteiger partial charge on any atom is -0.490 e. The maximum atomic E-state index is 12.6. The Morgan fingerprint density at radius 3 is 2.70 bits per heavy atom. The summed E-state index contributed by atoms with van der Waals surface area (Å²) >= 11 is 1.46. The van der Waals surface area contributed by atoms with Crippen molar-refractivity contribution < 1.29 is 15.7 Å². The van der Waals surface area contributed by atoms with Gasteiger partial charge < -0.3 is 19.7 Å². The summed E-state index contributed by atoms with van der Waals surface area (Å²) in [5.74, 6) is 0.803. The summed E-state index contributed by atoms with van der Waals surface area (Å²) < 4.78 is 11.6. The molecule has 8 nitrogen and oxygen atoms in total. The molecule has 1 atom stereocenters. The maximum absolute atomic E-state index is 12.6. The van der Waals surface area contributed by atoms with E-state index in [1.807, 2.05) is 52.6 Å². The lowest BCUT2D eigenvalue weighted by atomic mass is 9.94. The molecular weight excluding hydrogens is 486 g/mol. The molecule has 3 aliphatic heterocycles. The molecule has 1 aromatic heterocycles. The van der Waals surface area contributed by atoms with Crippen molar-refractivity contribution in [2.45, 2.75) is 80.0 Å². The lowest BCUT2D eigenvalue weighted by molar-refractivity contribution is -0.0346. The van der Waals surface area contributed by atoms with Crippen LogP contribution in [0.5, 0.6) is 5.75 Å². The zero-order chi connectivity index (χ0) is 27.2. The Morgan fingerprint density at radius 1 is 1.27 bits per heavy atom. The van der Waals surface area contributed by atoms with Crippen LogP contribution in [0.25, 0.3) is 5.57 Å². The number of hydrogen-bond acceptors (Lipinski definition) is 8. The maximum Gasteiger partial charge on any atom is 0.263 e. The van der Waals surface area contributed by atoms with Crippen LogP contribution in [0.1, 0.15) is 84.2 Å². The topological polar surface area (TPSA) is 79.0 Å². The molecule has 37 heavy (non-hydrogen) atoms. The molecule has 0 saturated carbocycles. The van der Waals surface area contributed by atoms with Crippen LogP contribution in [0.2, 0.25) is 0 Å². The molecule has 0 fully saturated rings. The largest absolute Gasteiger partial charge is 0.490 e. The standard InChI is InChI=1S/C23H29N5O3S.C3H8.C2H6.H2/c1-5-30-14(2)28-13-16(12-24-28)15-6-7-19-18(10-15)27(8-9-31-19)22-25-17-11-23(3,4)26-21(29)20(17)32-22;1-3-2;1-2;/h6-7,10,13-14,24H,5,8-9,11-12H2,1-4H3,(H,26,29);3H2,1-2H3;1-2H3;1H. The van der Waals surface area contributed by atoms with Crippen LogP contribution in [-0.2, 0) is 11.2 Å². The quantitative estimate of drug-likeness (QED) is 0.492. The van der Waals surface area contributed by atoms with Crippen molar-refractivity contribution in [1.82, 2.24) is 20.7 Å². The molecule has 0 bridgehead atoms. The zero-order valence-electron chi connectivity index (χ0n) is 23.6. The van der Waals surface area contributed by atoms with Gasteiger partial charge in [-0.05, 0) is 51.0 Å². The van der Waals surface area contributed by atoms with Crippen molar-refractivity contribution in [1.29, 1.82) is 0 Å². The fourth-order valence-corrected chi connectivity index (χ4v) is 5.38. The summed E-state index contributed by atoms with van der Waals surface area (Å²) in [6.07, 6.45) is 4.05. The third-order valence-electron chi connectivity index (χ3n) is 5.92. The number of aromatic nitrogens is 1. The monoisotopic (exact) mass is 531 g/mol. The number of carbonyl (C=O) groups is 1. The van der Waals surface area contributed by atoms with E-state index in [0.29, 0.717) is 24.6 Å². The summed E-state index contributed by atoms with van der Waals surface area (Å²) in [4.78, 5) is 20.4. The van der Waals surface area contributed by atoms with Crippen LogP contribution < -0.4 is 20.4 Å². The van der Waals surface area contributed by atoms with E-state index in [-0.39, 0.29) is 19.1 Å². The number of thiazole rings is 1. The van der Waals surface area contributed by atoms with Crippen molar-refractivity contribution in [3.05, 3.63) is 40.5 Å². The van der Waals surface area contributed by atoms with Crippen molar-refractivity contribution in [3.63, 3.8) is 0 Å². The number of amides is 1. The Morgan fingerprint density at radius 2 is 2.00 bits per heavy atom. The zero-order valence-corrected chi connectivity index (χ0v) is 24.4. The van der Waals surface area contributed by atoms with Gasteiger partial charge in [0.2, 0.25) is 0 Å². The Hall–Kier alpha value is -2.62. The third-order valence-corrected chi connectivity index (χ3v) is 7.04. The van der Waals surface area contributed by atoms with Gasteiger partial charge in [0.15, 0.2) is 5.13 Å². The molecule has 1 aromatic carbocycles. The lowest BCUT2D eigenvalue weighted by Gasteiger charge is -2.30. The number of ether oxygens (including phenoxy) is 2. The Bertz CT molecular complexity index is 1100. The second-order valence-corrected chi connectivity index (χ2v) is 10.6. The van der Waals surface area contributed by atoms with Gasteiger partial charge in [-0.3, -0.25) is 9.80 Å². The predicted molar refractivity (Wildman–Crippen MR) is 155 cm³/mol. The van der Waals surface area contributed by atoms with Crippen molar-refractivity contribution >= 4 is 33.6 Å². The average Bonchev–Trinajstić information content (AvgIpc) is 3.53. The average molecular weight is 532 g/mol. The summed E-state index contributed by atoms with van der Waals surface area (Å²) in [6, 6.07) is 6.27. The van der Waals surface area contributed by atoms with Crippen LogP contribution in [-0.4, -0.2) is 54.0 Å². The Balaban J connectivity index is 0.000000791. The number of carbonyl (C=O) groups excluding carboxylic acids is 1. The van der Waals surface area contributed by atoms with E-state index in [9.17, 15) is 4.79 Å². The molecular formula is C28H45N5O3S. The normalized spacial score (nSPS) is 18.2. The van der Waals surface area contributed by atoms with Crippen LogP contribution in [0, 0.1) is 0 Å². The van der Waals surface area contributed by atoms with Crippen LogP contribution >= 0.6 is 11.3 Å². The van der Waals surface area contributed by atoms with E-state index in [1.165, 1.54) is 23.3 Å². The molecule has 0 spiro atoms. The van der Waals surface area contributed by atoms with E-state index in [4.69, 9.17) is 14.5 Å². The molecule has 1 amide bonds. The van der Waals surface area contributed by atoms with E-state index >= 15 is 0 Å². The van der Waals surface area contributed by atoms with Gasteiger partial charge in [0.1, 0.15) is 23.5 Å². The first-order chi connectivity index (χ1) is 17.8. The van der Waals surface area contributed by atoms with Gasteiger partial charge in [-0.2, -0.15) is 0 Å². The highest BCUT2D eigenvalue weighted by Gasteiger charge is 2.35. The predicted octanol–water partition coefficient (Wildman–Crippen LogP) is 5.97. The van der Waals surface area contributed by atoms with Gasteiger partial charge in [0.25, 0.3) is 5.91 Å². The molecule has 206 valence electrons. The van der Waals surface area contributed by atoms with Gasteiger partial charge in [-0.25, -0.2) is 10.4 Å². The third kappa shape index (κ3) is 6.64. The fraction of sp³-hybridized carbons (Fsp3) is 0.571. The number of rotatable bonds is 5. The number of nitrogens with one attached hydrogen (secondary N) is 2. The van der Waals surface area contributed by atoms with Gasteiger partial charge in [0.05, 0.1) is 17.9 Å². The highest BCUT2D eigenvalue weighted by Crippen LogP contribution is 2.42. The van der Waals surface area contributed by atoms with Crippen LogP contribution in [0.4, 0.5) is 10.8 Å². The van der Waals surface area contributed by atoms with Crippen molar-refractivity contribution in [2.24, 2.45) is 0 Å². The number of anilines is 2. The Labute approximate surface area is 227 Å². The molecule has 0 radical (unpaired) electrons. The van der Waals surface area contributed by atoms with Crippen LogP contribution in [0.15, 0.2) is 24.4 Å². The number of hydrogen-bond donors (Lipinski definition) is 2. The lowest BCUT2D eigenvalue weighted by Crippen LogP contribution is -2.48. The summed E-state index contributed by atoms with van der Waals surface area (Å²) in [6.45, 7) is 19.0. The second kappa shape index (κ2) is 12.8. The van der Waals surface area contributed by atoms with E-state index < -0.39 is 0 Å². The van der Waals surface area contributed by atoms with E-state index in [0.717, 1.165) is 40.8 Å². The molecule has 1 unspecified atom stereocenters. The van der Waals surface area contributed by atoms with Gasteiger partial charge in [0, 0.05) is 32.7 Å². The van der Waals surface area contributed by atoms with Gasteiger partial charge in [-0.1, -0.05) is 51.5 Å². The summed E-state index contributed by atoms with van der Waals surface area (Å²) in [5, 5.41) is 5.92. The number of fused-ring (bicyclic) bond motifs is 2. The molecule has 0 saturated heterocycles. The molecule has 5 rings (SSSR count). The SMILES string of the molecule is CC.CCC.CCOC(C)N1C=C(c2ccc3c(c2)N(c2nc4c(s2)C(=O)NC(C)(C)C4)CCO3)CN1.[HH]. The van der Waals surface area contributed by atoms with Crippen LogP contribution in [0.3, 0.4) is 0 Å². The number of nitrogens with zero attached hydrogens (tertiary/aromatic N) is 3. The highest BCUT2D eigenvalue weighted by molar-refractivity contribution is 7.17. The first-order valence-electron chi connectivity index (χ1n) is 13.5. The molecule has 0 aliphatic carbocycles. The van der Waals surface area contributed by atoms with E-state index in [1.54, 1.807) is 0 Å². The minimum absolute atomic E-state index is 0. The molecule has 2 aromatic rings.